The number of methoxy groups -OCH3 is 2. The summed E-state index contributed by atoms with van der Waals surface area (Å²) in [5.41, 5.74) is 0.139. The van der Waals surface area contributed by atoms with Crippen LogP contribution in [0.5, 0.6) is 11.5 Å². The van der Waals surface area contributed by atoms with E-state index in [1.807, 2.05) is 0 Å². The molecule has 3 rings (SSSR count). The molecular weight excluding hydrogens is 310 g/mol. The molecule has 1 N–H and O–H groups in total. The van der Waals surface area contributed by atoms with Gasteiger partial charge in [0.25, 0.3) is 5.91 Å². The lowest BCUT2D eigenvalue weighted by molar-refractivity contribution is 0.102. The van der Waals surface area contributed by atoms with Gasteiger partial charge in [-0.3, -0.25) is 4.79 Å². The van der Waals surface area contributed by atoms with E-state index in [9.17, 15) is 9.59 Å². The predicted octanol–water partition coefficient (Wildman–Crippen LogP) is 3.06. The van der Waals surface area contributed by atoms with E-state index in [1.165, 1.54) is 13.2 Å². The molecule has 0 saturated heterocycles. The van der Waals surface area contributed by atoms with Crippen molar-refractivity contribution >= 4 is 22.6 Å². The second-order valence-corrected chi connectivity index (χ2v) is 5.03. The van der Waals surface area contributed by atoms with Crippen molar-refractivity contribution in [2.24, 2.45) is 0 Å². The van der Waals surface area contributed by atoms with Gasteiger partial charge < -0.3 is 19.2 Å². The summed E-state index contributed by atoms with van der Waals surface area (Å²) < 4.78 is 15.4. The molecule has 0 aliphatic heterocycles. The van der Waals surface area contributed by atoms with E-state index < -0.39 is 11.5 Å². The van der Waals surface area contributed by atoms with Crippen LogP contribution in [0, 0.1) is 0 Å². The summed E-state index contributed by atoms with van der Waals surface area (Å²) in [4.78, 5) is 24.4. The minimum absolute atomic E-state index is 0.0662. The van der Waals surface area contributed by atoms with Gasteiger partial charge in [-0.15, -0.1) is 0 Å². The number of hydrogen-bond donors (Lipinski definition) is 1. The Morgan fingerprint density at radius 2 is 1.62 bits per heavy atom. The van der Waals surface area contributed by atoms with Crippen LogP contribution in [0.25, 0.3) is 11.0 Å². The average Bonchev–Trinajstić information content (AvgIpc) is 2.61. The monoisotopic (exact) mass is 325 g/mol. The summed E-state index contributed by atoms with van der Waals surface area (Å²) in [6.07, 6.45) is 0. The Bertz CT molecular complexity index is 944. The van der Waals surface area contributed by atoms with Crippen molar-refractivity contribution in [2.45, 2.75) is 0 Å². The first kappa shape index (κ1) is 15.6. The Hall–Kier alpha value is -3.28. The largest absolute Gasteiger partial charge is 0.497 e. The van der Waals surface area contributed by atoms with Gasteiger partial charge in [0.1, 0.15) is 22.6 Å². The molecule has 0 atom stereocenters. The van der Waals surface area contributed by atoms with Gasteiger partial charge in [-0.25, -0.2) is 4.79 Å². The number of amides is 1. The highest BCUT2D eigenvalue weighted by molar-refractivity contribution is 6.05. The van der Waals surface area contributed by atoms with Crippen molar-refractivity contribution in [2.75, 3.05) is 19.5 Å². The third-order valence-electron chi connectivity index (χ3n) is 3.54. The molecule has 1 amide bonds. The molecule has 6 heteroatoms. The summed E-state index contributed by atoms with van der Waals surface area (Å²) in [5, 5.41) is 3.29. The van der Waals surface area contributed by atoms with Gasteiger partial charge in [0.15, 0.2) is 0 Å². The van der Waals surface area contributed by atoms with E-state index in [1.54, 1.807) is 49.6 Å². The van der Waals surface area contributed by atoms with Crippen LogP contribution in [0.2, 0.25) is 0 Å². The minimum atomic E-state index is -0.707. The molecule has 1 heterocycles. The van der Waals surface area contributed by atoms with Gasteiger partial charge in [0.2, 0.25) is 0 Å². The molecule has 0 bridgehead atoms. The number of benzene rings is 2. The lowest BCUT2D eigenvalue weighted by atomic mass is 10.1. The molecule has 24 heavy (non-hydrogen) atoms. The fourth-order valence-corrected chi connectivity index (χ4v) is 2.25. The molecule has 1 aromatic heterocycles. The molecule has 0 aliphatic rings. The van der Waals surface area contributed by atoms with Gasteiger partial charge >= 0.3 is 5.63 Å². The van der Waals surface area contributed by atoms with Crippen LogP contribution >= 0.6 is 0 Å². The van der Waals surface area contributed by atoms with E-state index in [0.29, 0.717) is 28.2 Å². The molecule has 0 fully saturated rings. The van der Waals surface area contributed by atoms with Crippen molar-refractivity contribution in [3.63, 3.8) is 0 Å². The van der Waals surface area contributed by atoms with E-state index in [-0.39, 0.29) is 5.56 Å². The molecule has 6 nitrogen and oxygen atoms in total. The quantitative estimate of drug-likeness (QED) is 0.746. The van der Waals surface area contributed by atoms with Crippen LogP contribution in [0.15, 0.2) is 57.7 Å². The van der Waals surface area contributed by atoms with Crippen LogP contribution in [0.3, 0.4) is 0 Å². The molecular formula is C18H15NO5. The Labute approximate surface area is 137 Å². The molecule has 0 saturated carbocycles. The van der Waals surface area contributed by atoms with Gasteiger partial charge in [-0.1, -0.05) is 0 Å². The molecule has 0 radical (unpaired) electrons. The number of carbonyl (C=O) groups is 1. The number of hydrogen-bond acceptors (Lipinski definition) is 5. The van der Waals surface area contributed by atoms with Crippen LogP contribution in [0.4, 0.5) is 5.69 Å². The van der Waals surface area contributed by atoms with Crippen molar-refractivity contribution in [1.82, 2.24) is 0 Å². The Kier molecular flexibility index (Phi) is 4.20. The number of anilines is 1. The number of fused-ring (bicyclic) bond motifs is 1. The SMILES string of the molecule is COc1ccc(NC(=O)c2cc3ccc(OC)cc3oc2=O)cc1. The van der Waals surface area contributed by atoms with Gasteiger partial charge in [-0.2, -0.15) is 0 Å². The number of nitrogens with one attached hydrogen (secondary N) is 1. The van der Waals surface area contributed by atoms with Crippen molar-refractivity contribution < 1.29 is 18.7 Å². The zero-order valence-electron chi connectivity index (χ0n) is 13.2. The maximum Gasteiger partial charge on any atom is 0.349 e. The number of rotatable bonds is 4. The summed E-state index contributed by atoms with van der Waals surface area (Å²) in [6, 6.07) is 13.3. The third kappa shape index (κ3) is 3.08. The van der Waals surface area contributed by atoms with Crippen molar-refractivity contribution in [1.29, 1.82) is 0 Å². The zero-order chi connectivity index (χ0) is 17.1. The fourth-order valence-electron chi connectivity index (χ4n) is 2.25. The first-order valence-corrected chi connectivity index (χ1v) is 7.18. The third-order valence-corrected chi connectivity index (χ3v) is 3.54. The highest BCUT2D eigenvalue weighted by atomic mass is 16.5. The molecule has 2 aromatic carbocycles. The summed E-state index contributed by atoms with van der Waals surface area (Å²) in [5.74, 6) is 0.708. The molecule has 0 aliphatic carbocycles. The van der Waals surface area contributed by atoms with Gasteiger partial charge in [0.05, 0.1) is 14.2 Å². The first-order chi connectivity index (χ1) is 11.6. The summed E-state index contributed by atoms with van der Waals surface area (Å²) in [7, 11) is 3.08. The van der Waals surface area contributed by atoms with Gasteiger partial charge in [0, 0.05) is 17.1 Å². The van der Waals surface area contributed by atoms with Crippen molar-refractivity contribution in [3.05, 3.63) is 64.5 Å². The number of carbonyl (C=O) groups excluding carboxylic acids is 1. The Morgan fingerprint density at radius 1 is 0.958 bits per heavy atom. The van der Waals surface area contributed by atoms with E-state index in [2.05, 4.69) is 5.32 Å². The van der Waals surface area contributed by atoms with Crippen LogP contribution < -0.4 is 20.4 Å². The van der Waals surface area contributed by atoms with Crippen molar-refractivity contribution in [3.8, 4) is 11.5 Å². The standard InChI is InChI=1S/C18H15NO5/c1-22-13-7-4-12(5-8-13)19-17(20)15-9-11-3-6-14(23-2)10-16(11)24-18(15)21/h3-10H,1-2H3,(H,19,20). The Balaban J connectivity index is 1.91. The second-order valence-electron chi connectivity index (χ2n) is 5.03. The van der Waals surface area contributed by atoms with E-state index in [4.69, 9.17) is 13.9 Å². The van der Waals surface area contributed by atoms with Crippen LogP contribution in [-0.2, 0) is 0 Å². The van der Waals surface area contributed by atoms with Crippen LogP contribution in [0.1, 0.15) is 10.4 Å². The minimum Gasteiger partial charge on any atom is -0.497 e. The Morgan fingerprint density at radius 3 is 2.29 bits per heavy atom. The lowest BCUT2D eigenvalue weighted by Gasteiger charge is -2.07. The predicted molar refractivity (Wildman–Crippen MR) is 90.0 cm³/mol. The van der Waals surface area contributed by atoms with Gasteiger partial charge in [-0.05, 0) is 42.5 Å². The number of ether oxygens (including phenoxy) is 2. The molecule has 0 spiro atoms. The fraction of sp³-hybridized carbons (Fsp3) is 0.111. The average molecular weight is 325 g/mol. The molecule has 122 valence electrons. The highest BCUT2D eigenvalue weighted by Crippen LogP contribution is 2.21. The maximum atomic E-state index is 12.3. The molecule has 3 aromatic rings. The topological polar surface area (TPSA) is 77.8 Å². The highest BCUT2D eigenvalue weighted by Gasteiger charge is 2.14. The van der Waals surface area contributed by atoms with E-state index in [0.717, 1.165) is 0 Å². The maximum absolute atomic E-state index is 12.3. The zero-order valence-corrected chi connectivity index (χ0v) is 13.2. The molecule has 0 unspecified atom stereocenters. The summed E-state index contributed by atoms with van der Waals surface area (Å²) in [6.45, 7) is 0. The second kappa shape index (κ2) is 6.45. The van der Waals surface area contributed by atoms with Crippen LogP contribution in [-0.4, -0.2) is 20.1 Å². The van der Waals surface area contributed by atoms with E-state index >= 15 is 0 Å². The summed E-state index contributed by atoms with van der Waals surface area (Å²) >= 11 is 0. The normalized spacial score (nSPS) is 10.4. The smallest absolute Gasteiger partial charge is 0.349 e. The first-order valence-electron chi connectivity index (χ1n) is 7.18. The lowest BCUT2D eigenvalue weighted by Crippen LogP contribution is -2.20.